The first-order valence-corrected chi connectivity index (χ1v) is 5.42. The Labute approximate surface area is 94.7 Å². The van der Waals surface area contributed by atoms with Gasteiger partial charge in [-0.2, -0.15) is 0 Å². The molecule has 0 bridgehead atoms. The zero-order valence-corrected chi connectivity index (χ0v) is 9.14. The summed E-state index contributed by atoms with van der Waals surface area (Å²) in [5.74, 6) is 0. The summed E-state index contributed by atoms with van der Waals surface area (Å²) >= 11 is 0. The van der Waals surface area contributed by atoms with E-state index in [-0.39, 0.29) is 0 Å². The van der Waals surface area contributed by atoms with Crippen LogP contribution >= 0.6 is 0 Å². The van der Waals surface area contributed by atoms with E-state index in [9.17, 15) is 0 Å². The molecule has 1 aromatic carbocycles. The Morgan fingerprint density at radius 2 is 2.00 bits per heavy atom. The van der Waals surface area contributed by atoms with Crippen molar-refractivity contribution in [1.82, 2.24) is 9.97 Å². The van der Waals surface area contributed by atoms with E-state index in [4.69, 9.17) is 0 Å². The van der Waals surface area contributed by atoms with Crippen LogP contribution in [0.25, 0.3) is 17.3 Å². The van der Waals surface area contributed by atoms with Gasteiger partial charge in [0.25, 0.3) is 0 Å². The van der Waals surface area contributed by atoms with Gasteiger partial charge in [-0.05, 0) is 30.5 Å². The molecule has 0 atom stereocenters. The van der Waals surface area contributed by atoms with E-state index < -0.39 is 0 Å². The van der Waals surface area contributed by atoms with Crippen molar-refractivity contribution in [3.05, 3.63) is 53.5 Å². The molecule has 16 heavy (non-hydrogen) atoms. The molecule has 3 rings (SSSR count). The molecule has 1 aromatic heterocycles. The summed E-state index contributed by atoms with van der Waals surface area (Å²) in [5.41, 5.74) is 5.83. The minimum Gasteiger partial charge on any atom is -0.258 e. The van der Waals surface area contributed by atoms with Crippen LogP contribution in [0.3, 0.4) is 0 Å². The van der Waals surface area contributed by atoms with Crippen molar-refractivity contribution < 1.29 is 0 Å². The Balaban J connectivity index is 2.12. The fourth-order valence-corrected chi connectivity index (χ4v) is 2.10. The molecule has 2 nitrogen and oxygen atoms in total. The maximum Gasteiger partial charge on any atom is 0.0914 e. The normalized spacial score (nSPS) is 12.8. The lowest BCUT2D eigenvalue weighted by Crippen LogP contribution is -1.92. The molecule has 1 heterocycles. The summed E-state index contributed by atoms with van der Waals surface area (Å²) in [7, 11) is 0. The molecule has 0 saturated heterocycles. The van der Waals surface area contributed by atoms with Crippen molar-refractivity contribution in [3.8, 4) is 11.3 Å². The Hall–Kier alpha value is -1.96. The molecule has 0 fully saturated rings. The maximum atomic E-state index is 4.39. The first-order chi connectivity index (χ1) is 7.84. The van der Waals surface area contributed by atoms with Crippen molar-refractivity contribution in [2.24, 2.45) is 0 Å². The fourth-order valence-electron chi connectivity index (χ4n) is 2.10. The molecule has 0 aliphatic heterocycles. The van der Waals surface area contributed by atoms with Gasteiger partial charge < -0.3 is 0 Å². The van der Waals surface area contributed by atoms with Crippen LogP contribution in [0.4, 0.5) is 0 Å². The number of aryl methyl sites for hydroxylation is 1. The summed E-state index contributed by atoms with van der Waals surface area (Å²) in [6, 6.07) is 6.49. The van der Waals surface area contributed by atoms with Crippen molar-refractivity contribution in [1.29, 1.82) is 0 Å². The van der Waals surface area contributed by atoms with Crippen LogP contribution in [0.5, 0.6) is 0 Å². The first kappa shape index (κ1) is 9.28. The highest BCUT2D eigenvalue weighted by Crippen LogP contribution is 2.26. The lowest BCUT2D eigenvalue weighted by Gasteiger charge is -2.06. The molecule has 1 aliphatic rings. The highest BCUT2D eigenvalue weighted by Gasteiger charge is 2.09. The Morgan fingerprint density at radius 1 is 1.12 bits per heavy atom. The molecule has 78 valence electrons. The number of benzene rings is 1. The van der Waals surface area contributed by atoms with Gasteiger partial charge in [0.2, 0.25) is 0 Å². The maximum absolute atomic E-state index is 4.39. The van der Waals surface area contributed by atoms with Gasteiger partial charge in [-0.1, -0.05) is 24.3 Å². The summed E-state index contributed by atoms with van der Waals surface area (Å²) in [4.78, 5) is 8.66. The Morgan fingerprint density at radius 3 is 2.88 bits per heavy atom. The molecule has 0 saturated carbocycles. The fraction of sp³-hybridized carbons (Fsp3) is 0.143. The third-order valence-electron chi connectivity index (χ3n) is 2.93. The second-order valence-corrected chi connectivity index (χ2v) is 4.01. The monoisotopic (exact) mass is 208 g/mol. The van der Waals surface area contributed by atoms with Crippen molar-refractivity contribution in [3.63, 3.8) is 0 Å². The molecule has 1 aliphatic carbocycles. The summed E-state index contributed by atoms with van der Waals surface area (Å²) in [5, 5.41) is 0. The van der Waals surface area contributed by atoms with Crippen LogP contribution in [0.1, 0.15) is 16.8 Å². The lowest BCUT2D eigenvalue weighted by molar-refractivity contribution is 1.12. The van der Waals surface area contributed by atoms with Crippen LogP contribution in [0.2, 0.25) is 0 Å². The largest absolute Gasteiger partial charge is 0.258 e. The molecule has 0 spiro atoms. The lowest BCUT2D eigenvalue weighted by atomic mass is 10.0. The van der Waals surface area contributed by atoms with E-state index in [1.807, 2.05) is 6.92 Å². The van der Waals surface area contributed by atoms with E-state index in [1.165, 1.54) is 11.1 Å². The van der Waals surface area contributed by atoms with Crippen LogP contribution in [0.15, 0.2) is 36.7 Å². The van der Waals surface area contributed by atoms with E-state index in [2.05, 4.69) is 40.3 Å². The van der Waals surface area contributed by atoms with Gasteiger partial charge in [0.1, 0.15) is 0 Å². The number of aromatic nitrogens is 2. The van der Waals surface area contributed by atoms with E-state index >= 15 is 0 Å². The predicted molar refractivity (Wildman–Crippen MR) is 64.9 cm³/mol. The van der Waals surface area contributed by atoms with Crippen LogP contribution in [0, 0.1) is 6.92 Å². The number of hydrogen-bond acceptors (Lipinski definition) is 2. The second-order valence-electron chi connectivity index (χ2n) is 4.01. The average molecular weight is 208 g/mol. The molecule has 0 N–H and O–H groups in total. The molecule has 2 aromatic rings. The highest BCUT2D eigenvalue weighted by molar-refractivity contribution is 5.69. The zero-order chi connectivity index (χ0) is 11.0. The van der Waals surface area contributed by atoms with Gasteiger partial charge in [0, 0.05) is 18.0 Å². The van der Waals surface area contributed by atoms with E-state index in [0.717, 1.165) is 23.4 Å². The Kier molecular flexibility index (Phi) is 2.07. The average Bonchev–Trinajstić information content (AvgIpc) is 2.76. The third-order valence-corrected chi connectivity index (χ3v) is 2.93. The van der Waals surface area contributed by atoms with Crippen LogP contribution in [-0.4, -0.2) is 9.97 Å². The quantitative estimate of drug-likeness (QED) is 0.720. The second kappa shape index (κ2) is 3.56. The third kappa shape index (κ3) is 1.43. The van der Waals surface area contributed by atoms with Gasteiger partial charge in [0.05, 0.1) is 11.4 Å². The van der Waals surface area contributed by atoms with Crippen LogP contribution in [-0.2, 0) is 6.42 Å². The van der Waals surface area contributed by atoms with Gasteiger partial charge in [-0.3, -0.25) is 9.97 Å². The smallest absolute Gasteiger partial charge is 0.0914 e. The van der Waals surface area contributed by atoms with E-state index in [1.54, 1.807) is 12.4 Å². The molecule has 2 heteroatoms. The minimum atomic E-state index is 0.980. The predicted octanol–water partition coefficient (Wildman–Crippen LogP) is 3.02. The number of rotatable bonds is 1. The molecule has 0 radical (unpaired) electrons. The number of nitrogens with zero attached hydrogens (tertiary/aromatic N) is 2. The van der Waals surface area contributed by atoms with Crippen molar-refractivity contribution in [2.45, 2.75) is 13.3 Å². The standard InChI is InChI=1S/C14H12N2/c1-10-14(16-8-7-15-10)13-6-5-11-3-2-4-12(11)9-13/h2-3,5-9H,4H2,1H3. The summed E-state index contributed by atoms with van der Waals surface area (Å²) < 4.78 is 0. The molecular formula is C14H12N2. The topological polar surface area (TPSA) is 25.8 Å². The molecule has 0 amide bonds. The highest BCUT2D eigenvalue weighted by atomic mass is 14.8. The number of hydrogen-bond donors (Lipinski definition) is 0. The summed E-state index contributed by atoms with van der Waals surface area (Å²) in [6.45, 7) is 1.99. The Bertz CT molecular complexity index is 571. The minimum absolute atomic E-state index is 0.980. The van der Waals surface area contributed by atoms with Gasteiger partial charge >= 0.3 is 0 Å². The summed E-state index contributed by atoms with van der Waals surface area (Å²) in [6.07, 6.45) is 8.87. The molecule has 0 unspecified atom stereocenters. The number of allylic oxidation sites excluding steroid dienone is 1. The SMILES string of the molecule is Cc1nccnc1-c1ccc2c(c1)CC=C2. The van der Waals surface area contributed by atoms with E-state index in [0.29, 0.717) is 0 Å². The molecular weight excluding hydrogens is 196 g/mol. The van der Waals surface area contributed by atoms with Crippen molar-refractivity contribution in [2.75, 3.05) is 0 Å². The first-order valence-electron chi connectivity index (χ1n) is 5.42. The van der Waals surface area contributed by atoms with Crippen LogP contribution < -0.4 is 0 Å². The van der Waals surface area contributed by atoms with Crippen molar-refractivity contribution >= 4 is 6.08 Å². The van der Waals surface area contributed by atoms with Gasteiger partial charge in [0.15, 0.2) is 0 Å². The van der Waals surface area contributed by atoms with Gasteiger partial charge in [-0.15, -0.1) is 0 Å². The van der Waals surface area contributed by atoms with Gasteiger partial charge in [-0.25, -0.2) is 0 Å². The zero-order valence-electron chi connectivity index (χ0n) is 9.14. The number of fused-ring (bicyclic) bond motifs is 1.